The Morgan fingerprint density at radius 1 is 1.29 bits per heavy atom. The van der Waals surface area contributed by atoms with Crippen molar-refractivity contribution in [3.8, 4) is 11.5 Å². The molecule has 0 radical (unpaired) electrons. The van der Waals surface area contributed by atoms with E-state index >= 15 is 0 Å². The molecule has 10 nitrogen and oxygen atoms in total. The second kappa shape index (κ2) is 9.60. The van der Waals surface area contributed by atoms with Gasteiger partial charge in [-0.25, -0.2) is 4.99 Å². The van der Waals surface area contributed by atoms with Crippen LogP contribution in [0.1, 0.15) is 51.7 Å². The highest BCUT2D eigenvalue weighted by Crippen LogP contribution is 2.38. The van der Waals surface area contributed by atoms with E-state index < -0.39 is 11.0 Å². The van der Waals surface area contributed by atoms with Gasteiger partial charge < -0.3 is 21.1 Å². The van der Waals surface area contributed by atoms with Crippen LogP contribution in [0.4, 0.5) is 0 Å². The average Bonchev–Trinajstić information content (AvgIpc) is 3.49. The molecular weight excluding hydrogens is 432 g/mol. The predicted molar refractivity (Wildman–Crippen MR) is 131 cm³/mol. The van der Waals surface area contributed by atoms with Crippen LogP contribution < -0.4 is 11.5 Å². The molecule has 0 aliphatic carbocycles. The van der Waals surface area contributed by atoms with Crippen LogP contribution in [0.3, 0.4) is 0 Å². The summed E-state index contributed by atoms with van der Waals surface area (Å²) >= 11 is 0. The van der Waals surface area contributed by atoms with E-state index in [1.165, 1.54) is 12.4 Å². The van der Waals surface area contributed by atoms with E-state index in [2.05, 4.69) is 47.6 Å². The SMILES string of the molecule is C=C(N)/N=C\C(=C/N)c1ccc(C(C)(c2noc(-c3cnn(C(C)(C)CO)c3)n2)C(C)C)cn1. The van der Waals surface area contributed by atoms with E-state index in [9.17, 15) is 5.11 Å². The number of aromatic nitrogens is 5. The number of allylic oxidation sites excluding steroid dienone is 1. The Morgan fingerprint density at radius 2 is 2.03 bits per heavy atom. The topological polar surface area (TPSA) is 154 Å². The predicted octanol–water partition coefficient (Wildman–Crippen LogP) is 2.82. The van der Waals surface area contributed by atoms with Gasteiger partial charge in [-0.3, -0.25) is 9.67 Å². The molecule has 0 bridgehead atoms. The number of aliphatic hydroxyl groups is 1. The molecule has 10 heteroatoms. The summed E-state index contributed by atoms with van der Waals surface area (Å²) in [4.78, 5) is 13.3. The molecule has 0 saturated carbocycles. The largest absolute Gasteiger partial charge is 0.404 e. The molecule has 0 aromatic carbocycles. The highest BCUT2D eigenvalue weighted by atomic mass is 16.5. The van der Waals surface area contributed by atoms with Crippen molar-refractivity contribution >= 4 is 11.8 Å². The van der Waals surface area contributed by atoms with E-state index in [0.29, 0.717) is 28.5 Å². The van der Waals surface area contributed by atoms with Crippen molar-refractivity contribution in [1.29, 1.82) is 0 Å². The van der Waals surface area contributed by atoms with Gasteiger partial charge in [0.25, 0.3) is 5.89 Å². The lowest BCUT2D eigenvalue weighted by Gasteiger charge is -2.30. The van der Waals surface area contributed by atoms with Gasteiger partial charge in [0.15, 0.2) is 5.82 Å². The van der Waals surface area contributed by atoms with Crippen LogP contribution in [0.2, 0.25) is 0 Å². The molecule has 5 N–H and O–H groups in total. The molecule has 0 fully saturated rings. The van der Waals surface area contributed by atoms with Crippen molar-refractivity contribution in [3.63, 3.8) is 0 Å². The third kappa shape index (κ3) is 4.76. The van der Waals surface area contributed by atoms with Gasteiger partial charge in [-0.1, -0.05) is 31.6 Å². The van der Waals surface area contributed by atoms with Gasteiger partial charge in [-0.15, -0.1) is 0 Å². The van der Waals surface area contributed by atoms with Crippen LogP contribution >= 0.6 is 0 Å². The van der Waals surface area contributed by atoms with Crippen LogP contribution in [-0.2, 0) is 11.0 Å². The lowest BCUT2D eigenvalue weighted by Crippen LogP contribution is -2.31. The Bertz CT molecular complexity index is 1200. The van der Waals surface area contributed by atoms with E-state index in [1.807, 2.05) is 26.0 Å². The van der Waals surface area contributed by atoms with Gasteiger partial charge in [0.1, 0.15) is 5.82 Å². The number of aliphatic imine (C=N–C) groups is 1. The van der Waals surface area contributed by atoms with Gasteiger partial charge in [-0.05, 0) is 38.3 Å². The van der Waals surface area contributed by atoms with Crippen molar-refractivity contribution in [2.75, 3.05) is 6.61 Å². The summed E-state index contributed by atoms with van der Waals surface area (Å²) in [5, 5.41) is 18.2. The molecule has 1 atom stereocenters. The molecule has 0 aliphatic heterocycles. The van der Waals surface area contributed by atoms with Crippen LogP contribution in [0.25, 0.3) is 17.0 Å². The van der Waals surface area contributed by atoms with Crippen molar-refractivity contribution in [3.05, 3.63) is 66.4 Å². The third-order valence-corrected chi connectivity index (χ3v) is 6.09. The van der Waals surface area contributed by atoms with Gasteiger partial charge >= 0.3 is 0 Å². The number of aliphatic hydroxyl groups excluding tert-OH is 1. The molecule has 0 aliphatic rings. The number of pyridine rings is 1. The molecule has 0 amide bonds. The fraction of sp³-hybridized carbons (Fsp3) is 0.375. The molecule has 0 spiro atoms. The minimum atomic E-state index is -0.570. The standard InChI is InChI=1S/C24H32N8O2/c1-15(2)24(6,19-7-8-20(28-12-19)17(9-25)10-27-16(3)26)22-30-21(34-31-22)18-11-29-32(13-18)23(4,5)14-33/h7-13,15,33H,3,14,25-26H2,1-2,4-6H3/b17-9+,27-10-. The minimum Gasteiger partial charge on any atom is -0.404 e. The zero-order valence-electron chi connectivity index (χ0n) is 20.2. The number of hydrogen-bond acceptors (Lipinski definition) is 9. The number of hydrogen-bond donors (Lipinski definition) is 3. The second-order valence-corrected chi connectivity index (χ2v) is 9.23. The molecule has 34 heavy (non-hydrogen) atoms. The molecule has 3 heterocycles. The van der Waals surface area contributed by atoms with Gasteiger partial charge in [0.2, 0.25) is 0 Å². The maximum absolute atomic E-state index is 9.60. The van der Waals surface area contributed by atoms with Crippen molar-refractivity contribution in [2.24, 2.45) is 22.4 Å². The van der Waals surface area contributed by atoms with Crippen LogP contribution in [-0.4, -0.2) is 42.8 Å². The lowest BCUT2D eigenvalue weighted by molar-refractivity contribution is 0.152. The Hall–Kier alpha value is -3.79. The molecule has 1 unspecified atom stereocenters. The monoisotopic (exact) mass is 464 g/mol. The summed E-state index contributed by atoms with van der Waals surface area (Å²) in [6.45, 7) is 13.5. The van der Waals surface area contributed by atoms with Crippen molar-refractivity contribution < 1.29 is 9.63 Å². The first-order valence-electron chi connectivity index (χ1n) is 10.9. The maximum atomic E-state index is 9.60. The molecule has 3 aromatic heterocycles. The van der Waals surface area contributed by atoms with E-state index in [4.69, 9.17) is 21.0 Å². The van der Waals surface area contributed by atoms with Crippen LogP contribution in [0.15, 0.2) is 58.8 Å². The number of rotatable bonds is 9. The molecule has 3 aromatic rings. The summed E-state index contributed by atoms with van der Waals surface area (Å²) < 4.78 is 7.28. The second-order valence-electron chi connectivity index (χ2n) is 9.23. The smallest absolute Gasteiger partial charge is 0.261 e. The highest BCUT2D eigenvalue weighted by Gasteiger charge is 2.38. The molecule has 3 rings (SSSR count). The van der Waals surface area contributed by atoms with E-state index in [0.717, 1.165) is 5.56 Å². The summed E-state index contributed by atoms with van der Waals surface area (Å²) in [6.07, 6.45) is 8.15. The molecule has 0 saturated heterocycles. The Labute approximate surface area is 199 Å². The molecule has 180 valence electrons. The summed E-state index contributed by atoms with van der Waals surface area (Å²) in [5.74, 6) is 1.21. The third-order valence-electron chi connectivity index (χ3n) is 6.09. The lowest BCUT2D eigenvalue weighted by atomic mass is 9.73. The molecular formula is C24H32N8O2. The summed E-state index contributed by atoms with van der Waals surface area (Å²) in [5.41, 5.74) is 13.0. The van der Waals surface area contributed by atoms with Crippen molar-refractivity contribution in [2.45, 2.75) is 45.6 Å². The fourth-order valence-electron chi connectivity index (χ4n) is 3.33. The van der Waals surface area contributed by atoms with E-state index in [-0.39, 0.29) is 18.3 Å². The Kier molecular flexibility index (Phi) is 7.01. The van der Waals surface area contributed by atoms with E-state index in [1.54, 1.807) is 23.3 Å². The van der Waals surface area contributed by atoms with Gasteiger partial charge in [0, 0.05) is 30.4 Å². The maximum Gasteiger partial charge on any atom is 0.261 e. The van der Waals surface area contributed by atoms with Gasteiger partial charge in [0.05, 0.1) is 35.0 Å². The zero-order chi connectivity index (χ0) is 25.1. The van der Waals surface area contributed by atoms with Gasteiger partial charge in [-0.2, -0.15) is 10.1 Å². The minimum absolute atomic E-state index is 0.0501. The normalized spacial score (nSPS) is 14.6. The van der Waals surface area contributed by atoms with Crippen molar-refractivity contribution in [1.82, 2.24) is 24.9 Å². The Morgan fingerprint density at radius 3 is 2.59 bits per heavy atom. The number of nitrogens with zero attached hydrogens (tertiary/aromatic N) is 6. The number of nitrogens with two attached hydrogens (primary N) is 2. The highest BCUT2D eigenvalue weighted by molar-refractivity contribution is 6.09. The van der Waals surface area contributed by atoms with Crippen LogP contribution in [0.5, 0.6) is 0 Å². The summed E-state index contributed by atoms with van der Waals surface area (Å²) in [6, 6.07) is 3.83. The summed E-state index contributed by atoms with van der Waals surface area (Å²) in [7, 11) is 0. The first kappa shape index (κ1) is 24.8. The first-order chi connectivity index (χ1) is 16.0. The quantitative estimate of drug-likeness (QED) is 0.408. The fourth-order valence-corrected chi connectivity index (χ4v) is 3.33. The van der Waals surface area contributed by atoms with Crippen LogP contribution in [0, 0.1) is 5.92 Å². The average molecular weight is 465 g/mol. The first-order valence-corrected chi connectivity index (χ1v) is 10.9. The zero-order valence-corrected chi connectivity index (χ0v) is 20.2. The Balaban J connectivity index is 1.95.